The van der Waals surface area contributed by atoms with Crippen LogP contribution in [0.25, 0.3) is 28.2 Å². The van der Waals surface area contributed by atoms with Gasteiger partial charge in [0.05, 0.1) is 23.1 Å². The van der Waals surface area contributed by atoms with E-state index in [-0.39, 0.29) is 35.5 Å². The number of carbonyl (C=O) groups is 2. The van der Waals surface area contributed by atoms with Crippen molar-refractivity contribution in [3.8, 4) is 22.5 Å². The van der Waals surface area contributed by atoms with Gasteiger partial charge in [-0.3, -0.25) is 19.7 Å². The van der Waals surface area contributed by atoms with Gasteiger partial charge in [-0.15, -0.1) is 0 Å². The number of pyridine rings is 1. The topological polar surface area (TPSA) is 155 Å². The number of aliphatic hydroxyl groups excluding tert-OH is 1. The zero-order chi connectivity index (χ0) is 25.0. The molecule has 2 aliphatic heterocycles. The number of H-pyrrole nitrogens is 1. The number of hydrogen-bond donors (Lipinski definition) is 3. The first-order valence-corrected chi connectivity index (χ1v) is 12.0. The number of aliphatic hydroxyl groups is 1. The molecule has 6 heterocycles. The molecular formula is C25H26N8O3. The third-order valence-corrected chi connectivity index (χ3v) is 7.44. The van der Waals surface area contributed by atoms with Gasteiger partial charge in [-0.05, 0) is 44.7 Å². The minimum absolute atomic E-state index is 0.0237. The highest BCUT2D eigenvalue weighted by atomic mass is 16.3. The lowest BCUT2D eigenvalue weighted by molar-refractivity contribution is -0.138. The number of hydrogen-bond acceptors (Lipinski definition) is 8. The molecule has 1 amide bonds. The minimum Gasteiger partial charge on any atom is -0.387 e. The Balaban J connectivity index is 1.42. The minimum atomic E-state index is -0.486. The van der Waals surface area contributed by atoms with Crippen LogP contribution in [-0.4, -0.2) is 70.2 Å². The molecule has 0 unspecified atom stereocenters. The van der Waals surface area contributed by atoms with Gasteiger partial charge in [0.25, 0.3) is 0 Å². The van der Waals surface area contributed by atoms with Crippen molar-refractivity contribution in [3.05, 3.63) is 48.0 Å². The van der Waals surface area contributed by atoms with Gasteiger partial charge in [0.1, 0.15) is 18.1 Å². The van der Waals surface area contributed by atoms with Crippen LogP contribution in [0.15, 0.2) is 36.8 Å². The predicted octanol–water partition coefficient (Wildman–Crippen LogP) is 2.20. The molecule has 0 radical (unpaired) electrons. The summed E-state index contributed by atoms with van der Waals surface area (Å²) >= 11 is 0. The number of fused-ring (bicyclic) bond motifs is 3. The summed E-state index contributed by atoms with van der Waals surface area (Å²) in [5.41, 5.74) is 11.2. The maximum absolute atomic E-state index is 12.7. The van der Waals surface area contributed by atoms with Gasteiger partial charge in [-0.1, -0.05) is 6.07 Å². The molecular weight excluding hydrogens is 460 g/mol. The SMILES string of the molecule is CC(=O)c1c([C@H]2C[C@H]3CC[C@@H](C2)N3C(=O)CO)nc2c(-c3ccc(-c4cc[nH]n4)nc3)cnn2c1N. The Morgan fingerprint density at radius 3 is 2.53 bits per heavy atom. The molecule has 2 aliphatic rings. The summed E-state index contributed by atoms with van der Waals surface area (Å²) in [5, 5.41) is 20.8. The standard InChI is InChI=1S/C25H26N8O3/c1-13(35)22-23(15-8-16-3-4-17(9-15)32(16)21(36)12-34)30-25-18(11-29-33(25)24(22)26)14-2-5-19(27-10-14)20-6-7-28-31-20/h2,5-7,10-11,15-17,34H,3-4,8-9,12,26H2,1H3,(H,28,31)/t15-,16+,17-. The number of nitrogen functional groups attached to an aromatic ring is 1. The Kier molecular flexibility index (Phi) is 5.29. The third kappa shape index (κ3) is 3.46. The van der Waals surface area contributed by atoms with E-state index in [1.807, 2.05) is 23.1 Å². The van der Waals surface area contributed by atoms with E-state index in [1.54, 1.807) is 18.6 Å². The molecule has 3 atom stereocenters. The van der Waals surface area contributed by atoms with E-state index in [2.05, 4.69) is 20.3 Å². The molecule has 0 spiro atoms. The molecule has 184 valence electrons. The molecule has 6 rings (SSSR count). The summed E-state index contributed by atoms with van der Waals surface area (Å²) in [6.07, 6.45) is 8.29. The van der Waals surface area contributed by atoms with Crippen LogP contribution in [0.4, 0.5) is 5.82 Å². The van der Waals surface area contributed by atoms with Gasteiger partial charge in [0.15, 0.2) is 11.4 Å². The molecule has 0 aliphatic carbocycles. The Morgan fingerprint density at radius 2 is 1.92 bits per heavy atom. The summed E-state index contributed by atoms with van der Waals surface area (Å²) in [6, 6.07) is 5.71. The first-order chi connectivity index (χ1) is 17.5. The monoisotopic (exact) mass is 486 g/mol. The van der Waals surface area contributed by atoms with Crippen LogP contribution < -0.4 is 5.73 Å². The van der Waals surface area contributed by atoms with Crippen molar-refractivity contribution < 1.29 is 14.7 Å². The zero-order valence-corrected chi connectivity index (χ0v) is 19.8. The highest BCUT2D eigenvalue weighted by molar-refractivity contribution is 6.00. The Bertz CT molecular complexity index is 1450. The quantitative estimate of drug-likeness (QED) is 0.363. The number of nitrogens with zero attached hydrogens (tertiary/aromatic N) is 6. The lowest BCUT2D eigenvalue weighted by Crippen LogP contribution is -2.47. The fourth-order valence-electron chi connectivity index (χ4n) is 5.89. The van der Waals surface area contributed by atoms with Gasteiger partial charge in [-0.2, -0.15) is 14.7 Å². The van der Waals surface area contributed by atoms with Gasteiger partial charge >= 0.3 is 0 Å². The fourth-order valence-corrected chi connectivity index (χ4v) is 5.89. The average Bonchev–Trinajstić information content (AvgIpc) is 3.62. The van der Waals surface area contributed by atoms with E-state index in [0.29, 0.717) is 29.7 Å². The Hall–Kier alpha value is -4.12. The molecule has 36 heavy (non-hydrogen) atoms. The first kappa shape index (κ1) is 22.4. The molecule has 2 saturated heterocycles. The van der Waals surface area contributed by atoms with Crippen LogP contribution in [0.1, 0.15) is 54.6 Å². The lowest BCUT2D eigenvalue weighted by atomic mass is 9.85. The van der Waals surface area contributed by atoms with Crippen LogP contribution in [0, 0.1) is 0 Å². The summed E-state index contributed by atoms with van der Waals surface area (Å²) in [5.74, 6) is -0.171. The second-order valence-electron chi connectivity index (χ2n) is 9.51. The van der Waals surface area contributed by atoms with Crippen molar-refractivity contribution in [1.29, 1.82) is 0 Å². The third-order valence-electron chi connectivity index (χ3n) is 7.44. The maximum atomic E-state index is 12.7. The number of nitrogens with two attached hydrogens (primary N) is 1. The molecule has 0 aromatic carbocycles. The van der Waals surface area contributed by atoms with E-state index >= 15 is 0 Å². The van der Waals surface area contributed by atoms with Crippen LogP contribution >= 0.6 is 0 Å². The van der Waals surface area contributed by atoms with Gasteiger partial charge < -0.3 is 15.7 Å². The van der Waals surface area contributed by atoms with Crippen molar-refractivity contribution >= 4 is 23.2 Å². The molecule has 0 saturated carbocycles. The summed E-state index contributed by atoms with van der Waals surface area (Å²) in [4.78, 5) is 36.4. The van der Waals surface area contributed by atoms with Crippen molar-refractivity contribution in [3.63, 3.8) is 0 Å². The molecule has 2 bridgehead atoms. The van der Waals surface area contributed by atoms with E-state index in [0.717, 1.165) is 35.4 Å². The first-order valence-electron chi connectivity index (χ1n) is 12.0. The molecule has 2 fully saturated rings. The van der Waals surface area contributed by atoms with Crippen molar-refractivity contribution in [1.82, 2.24) is 34.7 Å². The normalized spacial score (nSPS) is 21.3. The second kappa shape index (κ2) is 8.52. The van der Waals surface area contributed by atoms with Gasteiger partial charge in [0.2, 0.25) is 5.91 Å². The smallest absolute Gasteiger partial charge is 0.248 e. The molecule has 11 heteroatoms. The molecule has 4 aromatic heterocycles. The van der Waals surface area contributed by atoms with E-state index in [1.165, 1.54) is 11.4 Å². The fraction of sp³-hybridized carbons (Fsp3) is 0.360. The largest absolute Gasteiger partial charge is 0.387 e. The number of ketones is 1. The predicted molar refractivity (Wildman–Crippen MR) is 131 cm³/mol. The molecule has 11 nitrogen and oxygen atoms in total. The number of piperidine rings is 1. The highest BCUT2D eigenvalue weighted by Crippen LogP contribution is 2.44. The van der Waals surface area contributed by atoms with Crippen LogP contribution in [0.5, 0.6) is 0 Å². The molecule has 4 aromatic rings. The van der Waals surface area contributed by atoms with Crippen molar-refractivity contribution in [2.75, 3.05) is 12.3 Å². The summed E-state index contributed by atoms with van der Waals surface area (Å²) < 4.78 is 1.51. The number of amides is 1. The van der Waals surface area contributed by atoms with Crippen LogP contribution in [0.2, 0.25) is 0 Å². The van der Waals surface area contributed by atoms with Crippen LogP contribution in [0.3, 0.4) is 0 Å². The van der Waals surface area contributed by atoms with E-state index < -0.39 is 6.61 Å². The number of aromatic amines is 1. The number of carbonyl (C=O) groups excluding carboxylic acids is 2. The Labute approximate surface area is 206 Å². The van der Waals surface area contributed by atoms with E-state index in [9.17, 15) is 14.7 Å². The van der Waals surface area contributed by atoms with Crippen molar-refractivity contribution in [2.24, 2.45) is 0 Å². The molecule has 4 N–H and O–H groups in total. The Morgan fingerprint density at radius 1 is 1.14 bits per heavy atom. The van der Waals surface area contributed by atoms with Crippen LogP contribution in [-0.2, 0) is 4.79 Å². The number of aromatic nitrogens is 6. The van der Waals surface area contributed by atoms with Gasteiger partial charge in [0, 0.05) is 41.5 Å². The lowest BCUT2D eigenvalue weighted by Gasteiger charge is -2.39. The number of Topliss-reactive ketones (excluding diaryl/α,β-unsaturated/α-hetero) is 1. The summed E-state index contributed by atoms with van der Waals surface area (Å²) in [6.45, 7) is 1.00. The highest BCUT2D eigenvalue weighted by Gasteiger charge is 2.44. The number of rotatable bonds is 5. The number of nitrogens with one attached hydrogen (secondary N) is 1. The average molecular weight is 487 g/mol. The van der Waals surface area contributed by atoms with Crippen molar-refractivity contribution in [2.45, 2.75) is 50.6 Å². The maximum Gasteiger partial charge on any atom is 0.248 e. The van der Waals surface area contributed by atoms with E-state index in [4.69, 9.17) is 10.7 Å². The van der Waals surface area contributed by atoms with Gasteiger partial charge in [-0.25, -0.2) is 4.98 Å². The number of anilines is 1. The zero-order valence-electron chi connectivity index (χ0n) is 19.8. The summed E-state index contributed by atoms with van der Waals surface area (Å²) in [7, 11) is 0. The second-order valence-corrected chi connectivity index (χ2v) is 9.51.